The van der Waals surface area contributed by atoms with Crippen LogP contribution in [0.15, 0.2) is 55.1 Å². The van der Waals surface area contributed by atoms with Crippen molar-refractivity contribution in [2.75, 3.05) is 11.9 Å². The first kappa shape index (κ1) is 17.1. The Morgan fingerprint density at radius 2 is 1.83 bits per heavy atom. The number of anilines is 1. The van der Waals surface area contributed by atoms with Gasteiger partial charge in [-0.25, -0.2) is 4.79 Å². The Morgan fingerprint density at radius 1 is 1.13 bits per heavy atom. The number of nitrogens with one attached hydrogen (secondary N) is 1. The summed E-state index contributed by atoms with van der Waals surface area (Å²) in [6.45, 7) is 3.54. The van der Waals surface area contributed by atoms with E-state index in [9.17, 15) is 9.59 Å². The summed E-state index contributed by atoms with van der Waals surface area (Å²) < 4.78 is 4.98. The van der Waals surface area contributed by atoms with Gasteiger partial charge in [-0.15, -0.1) is 0 Å². The van der Waals surface area contributed by atoms with E-state index in [0.29, 0.717) is 15.7 Å². The molecular formula is C17H13Cl2NO3. The fourth-order valence-corrected chi connectivity index (χ4v) is 2.31. The third-order valence-corrected chi connectivity index (χ3v) is 3.45. The fourth-order valence-electron chi connectivity index (χ4n) is 1.85. The average molecular weight is 350 g/mol. The lowest BCUT2D eigenvalue weighted by Gasteiger charge is -2.10. The first-order chi connectivity index (χ1) is 11.0. The Balaban J connectivity index is 2.25. The number of esters is 1. The van der Waals surface area contributed by atoms with Gasteiger partial charge in [-0.3, -0.25) is 4.79 Å². The lowest BCUT2D eigenvalue weighted by Crippen LogP contribution is -2.18. The monoisotopic (exact) mass is 349 g/mol. The zero-order valence-corrected chi connectivity index (χ0v) is 13.5. The van der Waals surface area contributed by atoms with E-state index in [4.69, 9.17) is 27.9 Å². The van der Waals surface area contributed by atoms with Crippen molar-refractivity contribution in [1.82, 2.24) is 0 Å². The van der Waals surface area contributed by atoms with Crippen molar-refractivity contribution in [3.05, 3.63) is 76.3 Å². The summed E-state index contributed by atoms with van der Waals surface area (Å²) in [7, 11) is 0. The summed E-state index contributed by atoms with van der Waals surface area (Å²) >= 11 is 11.8. The smallest absolute Gasteiger partial charge is 0.339 e. The van der Waals surface area contributed by atoms with Crippen LogP contribution in [0.5, 0.6) is 0 Å². The van der Waals surface area contributed by atoms with E-state index in [1.165, 1.54) is 24.3 Å². The van der Waals surface area contributed by atoms with Crippen molar-refractivity contribution >= 4 is 40.8 Å². The van der Waals surface area contributed by atoms with Crippen LogP contribution >= 0.6 is 23.2 Å². The molecule has 0 unspecified atom stereocenters. The largest absolute Gasteiger partial charge is 0.458 e. The van der Waals surface area contributed by atoms with Crippen LogP contribution in [0.2, 0.25) is 10.0 Å². The van der Waals surface area contributed by atoms with Crippen LogP contribution in [0.1, 0.15) is 20.7 Å². The molecule has 1 N–H and O–H groups in total. The maximum Gasteiger partial charge on any atom is 0.339 e. The van der Waals surface area contributed by atoms with Crippen LogP contribution in [-0.4, -0.2) is 18.5 Å². The van der Waals surface area contributed by atoms with E-state index < -0.39 is 11.9 Å². The number of carbonyl (C=O) groups is 2. The molecule has 4 nitrogen and oxygen atoms in total. The quantitative estimate of drug-likeness (QED) is 0.634. The molecule has 0 saturated heterocycles. The van der Waals surface area contributed by atoms with E-state index in [1.807, 2.05) is 0 Å². The van der Waals surface area contributed by atoms with Gasteiger partial charge < -0.3 is 10.1 Å². The van der Waals surface area contributed by atoms with Gasteiger partial charge >= 0.3 is 5.97 Å². The van der Waals surface area contributed by atoms with Crippen molar-refractivity contribution in [3.63, 3.8) is 0 Å². The number of ether oxygens (including phenoxy) is 1. The average Bonchev–Trinajstić information content (AvgIpc) is 2.55. The van der Waals surface area contributed by atoms with Gasteiger partial charge in [0.15, 0.2) is 0 Å². The molecule has 6 heteroatoms. The van der Waals surface area contributed by atoms with Crippen molar-refractivity contribution in [2.24, 2.45) is 0 Å². The molecule has 0 spiro atoms. The molecule has 118 valence electrons. The van der Waals surface area contributed by atoms with Gasteiger partial charge in [0.1, 0.15) is 6.61 Å². The third-order valence-electron chi connectivity index (χ3n) is 2.90. The number of halogens is 2. The molecule has 0 radical (unpaired) electrons. The SMILES string of the molecule is C=CCOC(=O)c1ccccc1C(=O)Nc1ccc(Cl)cc1Cl. The molecule has 0 heterocycles. The lowest BCUT2D eigenvalue weighted by atomic mass is 10.1. The molecule has 0 saturated carbocycles. The summed E-state index contributed by atoms with van der Waals surface area (Å²) in [5.74, 6) is -1.07. The van der Waals surface area contributed by atoms with Gasteiger partial charge in [-0.2, -0.15) is 0 Å². The Bertz CT molecular complexity index is 759. The number of hydrogen-bond acceptors (Lipinski definition) is 3. The predicted molar refractivity (Wildman–Crippen MR) is 91.3 cm³/mol. The Kier molecular flexibility index (Phi) is 5.79. The highest BCUT2D eigenvalue weighted by molar-refractivity contribution is 6.36. The summed E-state index contributed by atoms with van der Waals surface area (Å²) in [6.07, 6.45) is 1.45. The lowest BCUT2D eigenvalue weighted by molar-refractivity contribution is 0.0546. The molecule has 0 atom stereocenters. The first-order valence-electron chi connectivity index (χ1n) is 6.66. The van der Waals surface area contributed by atoms with Crippen LogP contribution in [0.3, 0.4) is 0 Å². The summed E-state index contributed by atoms with van der Waals surface area (Å²) in [5.41, 5.74) is 0.750. The van der Waals surface area contributed by atoms with E-state index in [0.717, 1.165) is 0 Å². The summed E-state index contributed by atoms with van der Waals surface area (Å²) in [4.78, 5) is 24.4. The topological polar surface area (TPSA) is 55.4 Å². The van der Waals surface area contributed by atoms with E-state index in [-0.39, 0.29) is 17.7 Å². The minimum Gasteiger partial charge on any atom is -0.458 e. The molecule has 1 amide bonds. The van der Waals surface area contributed by atoms with Gasteiger partial charge in [0, 0.05) is 5.02 Å². The highest BCUT2D eigenvalue weighted by Gasteiger charge is 2.18. The van der Waals surface area contributed by atoms with Crippen molar-refractivity contribution in [1.29, 1.82) is 0 Å². The molecule has 2 aromatic carbocycles. The van der Waals surface area contributed by atoms with Crippen molar-refractivity contribution < 1.29 is 14.3 Å². The van der Waals surface area contributed by atoms with Gasteiger partial charge in [-0.05, 0) is 30.3 Å². The van der Waals surface area contributed by atoms with Gasteiger partial charge in [-0.1, -0.05) is 48.0 Å². The fraction of sp³-hybridized carbons (Fsp3) is 0.0588. The summed E-state index contributed by atoms with van der Waals surface area (Å²) in [6, 6.07) is 11.1. The van der Waals surface area contributed by atoms with Crippen molar-refractivity contribution in [2.45, 2.75) is 0 Å². The Labute approximate surface area is 143 Å². The molecule has 0 aliphatic rings. The maximum absolute atomic E-state index is 12.4. The molecule has 0 fully saturated rings. The minimum absolute atomic E-state index is 0.0673. The second-order valence-corrected chi connectivity index (χ2v) is 5.35. The predicted octanol–water partition coefficient (Wildman–Crippen LogP) is 4.59. The molecule has 2 rings (SSSR count). The number of benzene rings is 2. The van der Waals surface area contributed by atoms with E-state index in [2.05, 4.69) is 11.9 Å². The third kappa shape index (κ3) is 4.34. The number of carbonyl (C=O) groups excluding carboxylic acids is 2. The normalized spacial score (nSPS) is 10.0. The zero-order chi connectivity index (χ0) is 16.8. The summed E-state index contributed by atoms with van der Waals surface area (Å²) in [5, 5.41) is 3.41. The highest BCUT2D eigenvalue weighted by Crippen LogP contribution is 2.26. The zero-order valence-electron chi connectivity index (χ0n) is 12.0. The van der Waals surface area contributed by atoms with Crippen LogP contribution < -0.4 is 5.32 Å². The number of rotatable bonds is 5. The standard InChI is InChI=1S/C17H13Cl2NO3/c1-2-9-23-17(22)13-6-4-3-5-12(13)16(21)20-15-8-7-11(18)10-14(15)19/h2-8,10H,1,9H2,(H,20,21). The molecule has 2 aromatic rings. The molecule has 0 aliphatic carbocycles. The highest BCUT2D eigenvalue weighted by atomic mass is 35.5. The molecule has 0 aromatic heterocycles. The van der Waals surface area contributed by atoms with Crippen LogP contribution in [0.25, 0.3) is 0 Å². The van der Waals surface area contributed by atoms with Gasteiger partial charge in [0.05, 0.1) is 21.8 Å². The Hall–Kier alpha value is -2.30. The molecule has 0 bridgehead atoms. The molecule has 23 heavy (non-hydrogen) atoms. The van der Waals surface area contributed by atoms with Crippen LogP contribution in [0.4, 0.5) is 5.69 Å². The van der Waals surface area contributed by atoms with Crippen LogP contribution in [-0.2, 0) is 4.74 Å². The molecular weight excluding hydrogens is 337 g/mol. The maximum atomic E-state index is 12.4. The van der Waals surface area contributed by atoms with Gasteiger partial charge in [0.2, 0.25) is 0 Å². The van der Waals surface area contributed by atoms with Crippen molar-refractivity contribution in [3.8, 4) is 0 Å². The second-order valence-electron chi connectivity index (χ2n) is 4.51. The van der Waals surface area contributed by atoms with E-state index >= 15 is 0 Å². The Morgan fingerprint density at radius 3 is 2.48 bits per heavy atom. The van der Waals surface area contributed by atoms with Crippen LogP contribution in [0, 0.1) is 0 Å². The number of hydrogen-bond donors (Lipinski definition) is 1. The number of amides is 1. The first-order valence-corrected chi connectivity index (χ1v) is 7.42. The molecule has 0 aliphatic heterocycles. The van der Waals surface area contributed by atoms with Gasteiger partial charge in [0.25, 0.3) is 5.91 Å². The second kappa shape index (κ2) is 7.81. The minimum atomic E-state index is -0.599. The van der Waals surface area contributed by atoms with E-state index in [1.54, 1.807) is 24.3 Å².